The van der Waals surface area contributed by atoms with E-state index in [-0.39, 0.29) is 0 Å². The predicted octanol–water partition coefficient (Wildman–Crippen LogP) is 4.38. The summed E-state index contributed by atoms with van der Waals surface area (Å²) in [6.45, 7) is 14.7. The van der Waals surface area contributed by atoms with Crippen LogP contribution in [0.5, 0.6) is 0 Å². The van der Waals surface area contributed by atoms with Gasteiger partial charge in [0.1, 0.15) is 7.28 Å². The average Bonchev–Trinajstić information content (AvgIpc) is 2.19. The van der Waals surface area contributed by atoms with Gasteiger partial charge in [-0.2, -0.15) is 0 Å². The van der Waals surface area contributed by atoms with Gasteiger partial charge in [0.05, 0.1) is 0 Å². The van der Waals surface area contributed by atoms with Gasteiger partial charge < -0.3 is 0 Å². The van der Waals surface area contributed by atoms with Crippen molar-refractivity contribution >= 4 is 7.28 Å². The Morgan fingerprint density at radius 3 is 2.19 bits per heavy atom. The molecule has 0 aliphatic heterocycles. The Balaban J connectivity index is 1.96. The van der Waals surface area contributed by atoms with Crippen LogP contribution >= 0.6 is 0 Å². The predicted molar refractivity (Wildman–Crippen MR) is 74.3 cm³/mol. The molecular weight excluding hydrogens is 191 g/mol. The molecule has 0 amide bonds. The Hall–Kier alpha value is 0.0649. The standard InChI is InChI=1S/C15H29B/c1-9(2)11(4)16-14-8-12-7-13(10(14)3)15(12,5)6/h9-14,16H,7-8H2,1-6H3/t10?,11?,12?,13-,14?/m0/s1. The minimum absolute atomic E-state index is 0.664. The molecule has 3 saturated carbocycles. The molecule has 16 heavy (non-hydrogen) atoms. The van der Waals surface area contributed by atoms with Crippen LogP contribution in [0.2, 0.25) is 11.6 Å². The third kappa shape index (κ3) is 1.85. The molecule has 0 heterocycles. The second kappa shape index (κ2) is 4.07. The third-order valence-electron chi connectivity index (χ3n) is 6.32. The first kappa shape index (κ1) is 12.5. The molecule has 0 aromatic heterocycles. The SMILES string of the molecule is CC(C)C(C)BC1CC2C[C@@H](C1C)C2(C)C. The highest BCUT2D eigenvalue weighted by atomic mass is 14.6. The second-order valence-corrected chi connectivity index (χ2v) is 7.67. The molecule has 3 rings (SSSR count). The van der Waals surface area contributed by atoms with Crippen molar-refractivity contribution in [1.82, 2.24) is 0 Å². The van der Waals surface area contributed by atoms with Gasteiger partial charge in [-0.25, -0.2) is 0 Å². The lowest BCUT2D eigenvalue weighted by atomic mass is 9.35. The van der Waals surface area contributed by atoms with Gasteiger partial charge in [-0.3, -0.25) is 0 Å². The van der Waals surface area contributed by atoms with Crippen LogP contribution in [0, 0.1) is 29.1 Å². The number of fused-ring (bicyclic) bond motifs is 2. The van der Waals surface area contributed by atoms with E-state index in [0.717, 1.165) is 35.3 Å². The summed E-state index contributed by atoms with van der Waals surface area (Å²) in [6, 6.07) is 0. The molecule has 0 aromatic carbocycles. The monoisotopic (exact) mass is 220 g/mol. The molecule has 0 saturated heterocycles. The van der Waals surface area contributed by atoms with E-state index in [0.29, 0.717) is 5.41 Å². The Morgan fingerprint density at radius 1 is 1.12 bits per heavy atom. The summed E-state index contributed by atoms with van der Waals surface area (Å²) in [6.07, 6.45) is 3.04. The second-order valence-electron chi connectivity index (χ2n) is 7.67. The third-order valence-corrected chi connectivity index (χ3v) is 6.32. The van der Waals surface area contributed by atoms with Crippen molar-refractivity contribution in [2.24, 2.45) is 29.1 Å². The lowest BCUT2D eigenvalue weighted by molar-refractivity contribution is -0.0987. The molecule has 4 unspecified atom stereocenters. The van der Waals surface area contributed by atoms with Crippen molar-refractivity contribution < 1.29 is 0 Å². The quantitative estimate of drug-likeness (QED) is 0.619. The first-order valence-electron chi connectivity index (χ1n) is 7.34. The van der Waals surface area contributed by atoms with Crippen molar-refractivity contribution in [2.45, 2.75) is 66.0 Å². The molecule has 0 nitrogen and oxygen atoms in total. The van der Waals surface area contributed by atoms with Gasteiger partial charge in [0.2, 0.25) is 0 Å². The zero-order chi connectivity index (χ0) is 12.1. The minimum atomic E-state index is 0.664. The van der Waals surface area contributed by atoms with Crippen molar-refractivity contribution in [3.63, 3.8) is 0 Å². The summed E-state index contributed by atoms with van der Waals surface area (Å²) >= 11 is 0. The number of hydrogen-bond donors (Lipinski definition) is 0. The van der Waals surface area contributed by atoms with Gasteiger partial charge in [-0.15, -0.1) is 0 Å². The Labute approximate surface area is 103 Å². The lowest BCUT2D eigenvalue weighted by Crippen LogP contribution is -2.54. The van der Waals surface area contributed by atoms with Crippen LogP contribution in [0.15, 0.2) is 0 Å². The van der Waals surface area contributed by atoms with Crippen LogP contribution in [0.3, 0.4) is 0 Å². The molecule has 0 spiro atoms. The van der Waals surface area contributed by atoms with Crippen LogP contribution in [0.4, 0.5) is 0 Å². The van der Waals surface area contributed by atoms with Crippen LogP contribution in [0.25, 0.3) is 0 Å². The van der Waals surface area contributed by atoms with E-state index in [9.17, 15) is 0 Å². The molecule has 0 radical (unpaired) electrons. The van der Waals surface area contributed by atoms with E-state index in [1.165, 1.54) is 20.1 Å². The van der Waals surface area contributed by atoms with Crippen LogP contribution in [0.1, 0.15) is 54.4 Å². The smallest absolute Gasteiger partial charge is 0.0691 e. The first-order chi connectivity index (χ1) is 7.34. The average molecular weight is 220 g/mol. The zero-order valence-corrected chi connectivity index (χ0v) is 12.1. The fourth-order valence-electron chi connectivity index (χ4n) is 4.32. The normalized spacial score (nSPS) is 42.7. The Bertz CT molecular complexity index is 254. The molecular formula is C15H29B. The van der Waals surface area contributed by atoms with Crippen molar-refractivity contribution in [3.05, 3.63) is 0 Å². The summed E-state index contributed by atoms with van der Waals surface area (Å²) in [4.78, 5) is 0. The summed E-state index contributed by atoms with van der Waals surface area (Å²) in [5, 5.41) is 0. The molecule has 3 aliphatic carbocycles. The van der Waals surface area contributed by atoms with Gasteiger partial charge >= 0.3 is 0 Å². The van der Waals surface area contributed by atoms with E-state index in [1.54, 1.807) is 0 Å². The van der Waals surface area contributed by atoms with Gasteiger partial charge in [0, 0.05) is 0 Å². The summed E-state index contributed by atoms with van der Waals surface area (Å²) in [7, 11) is 1.47. The van der Waals surface area contributed by atoms with Crippen LogP contribution in [-0.2, 0) is 0 Å². The molecule has 2 bridgehead atoms. The molecule has 3 fully saturated rings. The molecule has 5 atom stereocenters. The van der Waals surface area contributed by atoms with Gasteiger partial charge in [-0.05, 0) is 29.6 Å². The zero-order valence-electron chi connectivity index (χ0n) is 12.1. The highest BCUT2D eigenvalue weighted by Crippen LogP contribution is 2.64. The Morgan fingerprint density at radius 2 is 1.75 bits per heavy atom. The number of hydrogen-bond acceptors (Lipinski definition) is 0. The summed E-state index contributed by atoms with van der Waals surface area (Å²) in [5.74, 6) is 5.83. The van der Waals surface area contributed by atoms with E-state index >= 15 is 0 Å². The van der Waals surface area contributed by atoms with E-state index in [4.69, 9.17) is 0 Å². The van der Waals surface area contributed by atoms with E-state index < -0.39 is 0 Å². The summed E-state index contributed by atoms with van der Waals surface area (Å²) in [5.41, 5.74) is 0.664. The van der Waals surface area contributed by atoms with Gasteiger partial charge in [0.15, 0.2) is 0 Å². The first-order valence-corrected chi connectivity index (χ1v) is 7.34. The topological polar surface area (TPSA) is 0 Å². The van der Waals surface area contributed by atoms with Crippen molar-refractivity contribution in [3.8, 4) is 0 Å². The maximum atomic E-state index is 2.53. The highest BCUT2D eigenvalue weighted by molar-refractivity contribution is 6.39. The van der Waals surface area contributed by atoms with E-state index in [1.807, 2.05) is 0 Å². The van der Waals surface area contributed by atoms with Crippen molar-refractivity contribution in [1.29, 1.82) is 0 Å². The minimum Gasteiger partial charge on any atom is -0.0691 e. The molecule has 0 aromatic rings. The molecule has 1 heteroatoms. The Kier molecular flexibility index (Phi) is 3.18. The lowest BCUT2D eigenvalue weighted by Gasteiger charge is -2.62. The molecule has 92 valence electrons. The fourth-order valence-corrected chi connectivity index (χ4v) is 4.32. The molecule has 0 N–H and O–H groups in total. The van der Waals surface area contributed by atoms with E-state index in [2.05, 4.69) is 41.5 Å². The van der Waals surface area contributed by atoms with Crippen LogP contribution in [-0.4, -0.2) is 7.28 Å². The molecule has 3 aliphatic rings. The maximum absolute atomic E-state index is 2.53. The van der Waals surface area contributed by atoms with Gasteiger partial charge in [-0.1, -0.05) is 65.5 Å². The van der Waals surface area contributed by atoms with Crippen molar-refractivity contribution in [2.75, 3.05) is 0 Å². The van der Waals surface area contributed by atoms with Crippen LogP contribution < -0.4 is 0 Å². The van der Waals surface area contributed by atoms with Gasteiger partial charge in [0.25, 0.3) is 0 Å². The maximum Gasteiger partial charge on any atom is 0.127 e. The highest BCUT2D eigenvalue weighted by Gasteiger charge is 2.55. The summed E-state index contributed by atoms with van der Waals surface area (Å²) < 4.78 is 0. The number of rotatable bonds is 3. The fraction of sp³-hybridized carbons (Fsp3) is 1.00. The largest absolute Gasteiger partial charge is 0.127 e.